The zero-order valence-electron chi connectivity index (χ0n) is 12.7. The van der Waals surface area contributed by atoms with E-state index in [2.05, 4.69) is 0 Å². The molecule has 1 aliphatic heterocycles. The fraction of sp³-hybridized carbons (Fsp3) is 0.500. The quantitative estimate of drug-likeness (QED) is 0.861. The van der Waals surface area contributed by atoms with E-state index >= 15 is 0 Å². The first-order valence-electron chi connectivity index (χ1n) is 7.16. The fourth-order valence-corrected chi connectivity index (χ4v) is 2.82. The first-order chi connectivity index (χ1) is 9.90. The van der Waals surface area contributed by atoms with Crippen LogP contribution in [0, 0.1) is 5.92 Å². The van der Waals surface area contributed by atoms with Crippen LogP contribution in [0.4, 0.5) is 0 Å². The lowest BCUT2D eigenvalue weighted by Crippen LogP contribution is -2.43. The van der Waals surface area contributed by atoms with Gasteiger partial charge in [0.15, 0.2) is 0 Å². The number of amides is 2. The Hall–Kier alpha value is -1.55. The molecule has 0 N–H and O–H groups in total. The molecule has 0 saturated carbocycles. The first kappa shape index (κ1) is 15.8. The second kappa shape index (κ2) is 6.48. The van der Waals surface area contributed by atoms with Gasteiger partial charge in [-0.3, -0.25) is 9.59 Å². The lowest BCUT2D eigenvalue weighted by atomic mass is 9.94. The molecule has 0 radical (unpaired) electrons. The molecule has 0 spiro atoms. The monoisotopic (exact) mass is 308 g/mol. The summed E-state index contributed by atoms with van der Waals surface area (Å²) in [6, 6.07) is 7.46. The lowest BCUT2D eigenvalue weighted by Gasteiger charge is -2.33. The van der Waals surface area contributed by atoms with Crippen LogP contribution in [0.2, 0.25) is 5.02 Å². The van der Waals surface area contributed by atoms with E-state index < -0.39 is 0 Å². The minimum absolute atomic E-state index is 0.0314. The summed E-state index contributed by atoms with van der Waals surface area (Å²) in [7, 11) is 3.57. The summed E-state index contributed by atoms with van der Waals surface area (Å²) in [5.41, 5.74) is 0.998. The van der Waals surface area contributed by atoms with Crippen LogP contribution in [0.5, 0.6) is 0 Å². The molecule has 21 heavy (non-hydrogen) atoms. The van der Waals surface area contributed by atoms with Gasteiger partial charge < -0.3 is 9.80 Å². The molecular formula is C16H21ClN2O2. The number of rotatable bonds is 3. The molecule has 1 aliphatic rings. The normalized spacial score (nSPS) is 20.3. The van der Waals surface area contributed by atoms with E-state index in [-0.39, 0.29) is 23.8 Å². The van der Waals surface area contributed by atoms with Gasteiger partial charge in [-0.2, -0.15) is 0 Å². The maximum Gasteiger partial charge on any atom is 0.226 e. The second-order valence-electron chi connectivity index (χ2n) is 5.69. The summed E-state index contributed by atoms with van der Waals surface area (Å²) in [6.07, 6.45) is 1.04. The minimum atomic E-state index is -0.208. The van der Waals surface area contributed by atoms with Crippen molar-refractivity contribution >= 4 is 23.4 Å². The summed E-state index contributed by atoms with van der Waals surface area (Å²) in [4.78, 5) is 27.7. The van der Waals surface area contributed by atoms with Crippen LogP contribution in [-0.4, -0.2) is 42.3 Å². The average Bonchev–Trinajstić information content (AvgIpc) is 2.47. The van der Waals surface area contributed by atoms with Gasteiger partial charge in [-0.05, 0) is 31.0 Å². The van der Waals surface area contributed by atoms with Gasteiger partial charge in [0.1, 0.15) is 0 Å². The van der Waals surface area contributed by atoms with Crippen molar-refractivity contribution in [1.29, 1.82) is 0 Å². The van der Waals surface area contributed by atoms with Crippen LogP contribution in [0.15, 0.2) is 24.3 Å². The Morgan fingerprint density at radius 3 is 2.81 bits per heavy atom. The van der Waals surface area contributed by atoms with Gasteiger partial charge in [-0.1, -0.05) is 23.7 Å². The highest BCUT2D eigenvalue weighted by Crippen LogP contribution is 2.26. The van der Waals surface area contributed by atoms with Crippen molar-refractivity contribution in [3.63, 3.8) is 0 Å². The van der Waals surface area contributed by atoms with E-state index in [9.17, 15) is 9.59 Å². The van der Waals surface area contributed by atoms with Crippen molar-refractivity contribution in [1.82, 2.24) is 9.80 Å². The van der Waals surface area contributed by atoms with Crippen LogP contribution in [-0.2, 0) is 9.59 Å². The molecule has 2 atom stereocenters. The molecule has 1 fully saturated rings. The molecule has 2 rings (SSSR count). The Bertz CT molecular complexity index is 547. The predicted octanol–water partition coefficient (Wildman–Crippen LogP) is 2.73. The molecule has 5 heteroatoms. The van der Waals surface area contributed by atoms with E-state index in [1.165, 1.54) is 0 Å². The number of nitrogens with zero attached hydrogens (tertiary/aromatic N) is 2. The van der Waals surface area contributed by atoms with Crippen LogP contribution < -0.4 is 0 Å². The largest absolute Gasteiger partial charge is 0.346 e. The smallest absolute Gasteiger partial charge is 0.226 e. The number of benzene rings is 1. The molecule has 4 nitrogen and oxygen atoms in total. The molecule has 1 aromatic rings. The Kier molecular flexibility index (Phi) is 4.88. The van der Waals surface area contributed by atoms with Gasteiger partial charge >= 0.3 is 0 Å². The standard InChI is InChI=1S/C16H21ClN2O2/c1-11(12-5-4-6-14(17)9-12)19(3)16(21)13-7-8-18(2)15(20)10-13/h4-6,9,11,13H,7-8,10H2,1-3H3/t11-,13+/m1/s1. The summed E-state index contributed by atoms with van der Waals surface area (Å²) in [5.74, 6) is -0.132. The number of hydrogen-bond donors (Lipinski definition) is 0. The third-order valence-electron chi connectivity index (χ3n) is 4.27. The lowest BCUT2D eigenvalue weighted by molar-refractivity contribution is -0.144. The highest BCUT2D eigenvalue weighted by molar-refractivity contribution is 6.30. The van der Waals surface area contributed by atoms with Gasteiger partial charge in [-0.15, -0.1) is 0 Å². The van der Waals surface area contributed by atoms with Gasteiger partial charge in [0.25, 0.3) is 0 Å². The fourth-order valence-electron chi connectivity index (χ4n) is 2.62. The Labute approximate surface area is 130 Å². The maximum absolute atomic E-state index is 12.6. The molecule has 0 aliphatic carbocycles. The highest BCUT2D eigenvalue weighted by Gasteiger charge is 2.32. The number of likely N-dealkylation sites (tertiary alicyclic amines) is 1. The molecule has 114 valence electrons. The van der Waals surface area contributed by atoms with Gasteiger partial charge in [0, 0.05) is 38.0 Å². The Morgan fingerprint density at radius 2 is 2.19 bits per heavy atom. The third kappa shape index (κ3) is 3.56. The van der Waals surface area contributed by atoms with E-state index in [0.717, 1.165) is 12.0 Å². The predicted molar refractivity (Wildman–Crippen MR) is 83.0 cm³/mol. The van der Waals surface area contributed by atoms with Crippen LogP contribution >= 0.6 is 11.6 Å². The molecule has 1 saturated heterocycles. The van der Waals surface area contributed by atoms with Gasteiger partial charge in [0.2, 0.25) is 11.8 Å². The van der Waals surface area contributed by atoms with Gasteiger partial charge in [-0.25, -0.2) is 0 Å². The van der Waals surface area contributed by atoms with Crippen LogP contribution in [0.25, 0.3) is 0 Å². The number of piperidine rings is 1. The molecule has 1 heterocycles. The second-order valence-corrected chi connectivity index (χ2v) is 6.12. The van der Waals surface area contributed by atoms with Crippen molar-refractivity contribution in [2.24, 2.45) is 5.92 Å². The van der Waals surface area contributed by atoms with E-state index in [4.69, 9.17) is 11.6 Å². The minimum Gasteiger partial charge on any atom is -0.346 e. The maximum atomic E-state index is 12.6. The summed E-state index contributed by atoms with van der Waals surface area (Å²) >= 11 is 6.00. The molecule has 1 aromatic carbocycles. The summed E-state index contributed by atoms with van der Waals surface area (Å²) in [5, 5.41) is 0.662. The highest BCUT2D eigenvalue weighted by atomic mass is 35.5. The van der Waals surface area contributed by atoms with Crippen molar-refractivity contribution in [2.45, 2.75) is 25.8 Å². The summed E-state index contributed by atoms with van der Waals surface area (Å²) < 4.78 is 0. The van der Waals surface area contributed by atoms with Crippen molar-refractivity contribution in [2.75, 3.05) is 20.6 Å². The van der Waals surface area contributed by atoms with Crippen molar-refractivity contribution in [3.05, 3.63) is 34.9 Å². The first-order valence-corrected chi connectivity index (χ1v) is 7.54. The Morgan fingerprint density at radius 1 is 1.48 bits per heavy atom. The molecule has 2 amide bonds. The molecule has 0 unspecified atom stereocenters. The average molecular weight is 309 g/mol. The van der Waals surface area contributed by atoms with Crippen molar-refractivity contribution < 1.29 is 9.59 Å². The van der Waals surface area contributed by atoms with E-state index in [0.29, 0.717) is 18.0 Å². The Balaban J connectivity index is 2.07. The number of hydrogen-bond acceptors (Lipinski definition) is 2. The number of carbonyl (C=O) groups is 2. The third-order valence-corrected chi connectivity index (χ3v) is 4.50. The SMILES string of the molecule is C[C@H](c1cccc(Cl)c1)N(C)C(=O)[C@H]1CCN(C)C(=O)C1. The van der Waals surface area contributed by atoms with Crippen LogP contribution in [0.1, 0.15) is 31.4 Å². The molecule has 0 aromatic heterocycles. The van der Waals surface area contributed by atoms with Gasteiger partial charge in [0.05, 0.1) is 6.04 Å². The van der Waals surface area contributed by atoms with Crippen LogP contribution in [0.3, 0.4) is 0 Å². The molecular weight excluding hydrogens is 288 g/mol. The number of halogens is 1. The van der Waals surface area contributed by atoms with Crippen molar-refractivity contribution in [3.8, 4) is 0 Å². The number of carbonyl (C=O) groups excluding carboxylic acids is 2. The molecule has 0 bridgehead atoms. The zero-order chi connectivity index (χ0) is 15.6. The van der Waals surface area contributed by atoms with E-state index in [1.54, 1.807) is 23.9 Å². The summed E-state index contributed by atoms with van der Waals surface area (Å²) in [6.45, 7) is 2.62. The topological polar surface area (TPSA) is 40.6 Å². The zero-order valence-corrected chi connectivity index (χ0v) is 13.4. The van der Waals surface area contributed by atoms with E-state index in [1.807, 2.05) is 31.2 Å².